The predicted octanol–water partition coefficient (Wildman–Crippen LogP) is 6.70. The molecule has 2 rings (SSSR count). The van der Waals surface area contributed by atoms with Crippen molar-refractivity contribution >= 4 is 0 Å². The normalized spacial score (nSPS) is 26.3. The standard InChI is InChI=1S/C10H18.C10H16/c2*1-8(2)10-6-4-9(3)5-7-10/h4,8,10H,5-7H2,1-3H3;4,10H,1,5-7H2,2-3H3/t;10-/m.0/s1. The molecule has 2 aliphatic rings. The van der Waals surface area contributed by atoms with Gasteiger partial charge in [0.1, 0.15) is 0 Å². The molecule has 0 saturated carbocycles. The number of rotatable bonds is 2. The van der Waals surface area contributed by atoms with Gasteiger partial charge in [-0.05, 0) is 77.0 Å². The van der Waals surface area contributed by atoms with Crippen LogP contribution in [0.25, 0.3) is 0 Å². The van der Waals surface area contributed by atoms with E-state index in [9.17, 15) is 0 Å². The molecule has 0 radical (unpaired) electrons. The van der Waals surface area contributed by atoms with Crippen LogP contribution in [0, 0.1) is 17.8 Å². The summed E-state index contributed by atoms with van der Waals surface area (Å²) in [5.41, 5.74) is 4.50. The fourth-order valence-corrected chi connectivity index (χ4v) is 3.00. The first kappa shape index (κ1) is 17.3. The van der Waals surface area contributed by atoms with Gasteiger partial charge in [0.25, 0.3) is 0 Å². The lowest BCUT2D eigenvalue weighted by Gasteiger charge is -2.23. The highest BCUT2D eigenvalue weighted by Crippen LogP contribution is 2.28. The van der Waals surface area contributed by atoms with Crippen LogP contribution in [0.1, 0.15) is 73.1 Å². The third-order valence-corrected chi connectivity index (χ3v) is 4.96. The van der Waals surface area contributed by atoms with E-state index in [4.69, 9.17) is 0 Å². The van der Waals surface area contributed by atoms with Gasteiger partial charge < -0.3 is 0 Å². The van der Waals surface area contributed by atoms with E-state index in [1.54, 1.807) is 11.1 Å². The molecule has 20 heavy (non-hydrogen) atoms. The van der Waals surface area contributed by atoms with Crippen molar-refractivity contribution in [1.29, 1.82) is 0 Å². The Kier molecular flexibility index (Phi) is 7.34. The van der Waals surface area contributed by atoms with Crippen molar-refractivity contribution in [1.82, 2.24) is 0 Å². The largest absolute Gasteiger partial charge is 0.0998 e. The lowest BCUT2D eigenvalue weighted by Crippen LogP contribution is -2.10. The van der Waals surface area contributed by atoms with Crippen LogP contribution in [-0.2, 0) is 0 Å². The van der Waals surface area contributed by atoms with E-state index in [0.29, 0.717) is 0 Å². The Morgan fingerprint density at radius 1 is 1.05 bits per heavy atom. The molecule has 0 bridgehead atoms. The van der Waals surface area contributed by atoms with E-state index in [1.165, 1.54) is 44.1 Å². The molecule has 0 N–H and O–H groups in total. The number of hydrogen-bond acceptors (Lipinski definition) is 0. The quantitative estimate of drug-likeness (QED) is 0.492. The summed E-state index contributed by atoms with van der Waals surface area (Å²) in [4.78, 5) is 0. The average Bonchev–Trinajstić information content (AvgIpc) is 2.40. The Labute approximate surface area is 127 Å². The molecule has 0 heterocycles. The monoisotopic (exact) mass is 274 g/mol. The first-order valence-electron chi connectivity index (χ1n) is 8.36. The zero-order chi connectivity index (χ0) is 15.1. The van der Waals surface area contributed by atoms with Gasteiger partial charge in [-0.25, -0.2) is 0 Å². The fourth-order valence-electron chi connectivity index (χ4n) is 3.00. The van der Waals surface area contributed by atoms with Crippen LogP contribution < -0.4 is 0 Å². The summed E-state index contributed by atoms with van der Waals surface area (Å²) >= 11 is 0. The van der Waals surface area contributed by atoms with Crippen molar-refractivity contribution < 1.29 is 0 Å². The summed E-state index contributed by atoms with van der Waals surface area (Å²) in [5.74, 6) is 2.61. The second-order valence-electron chi connectivity index (χ2n) is 7.20. The molecular formula is C20H34. The first-order chi connectivity index (χ1) is 9.40. The first-order valence-corrected chi connectivity index (χ1v) is 8.36. The maximum atomic E-state index is 3.97. The van der Waals surface area contributed by atoms with Crippen LogP contribution in [0.15, 0.2) is 35.5 Å². The van der Waals surface area contributed by atoms with E-state index >= 15 is 0 Å². The molecule has 0 aliphatic heterocycles. The Balaban J connectivity index is 0.000000200. The van der Waals surface area contributed by atoms with Crippen LogP contribution >= 0.6 is 0 Å². The van der Waals surface area contributed by atoms with Gasteiger partial charge in [0.05, 0.1) is 0 Å². The summed E-state index contributed by atoms with van der Waals surface area (Å²) in [7, 11) is 0. The molecular weight excluding hydrogens is 240 g/mol. The molecule has 0 fully saturated rings. The number of hydrogen-bond donors (Lipinski definition) is 0. The highest BCUT2D eigenvalue weighted by molar-refractivity contribution is 5.09. The SMILES string of the molecule is C=C(C)[C@H]1CC=C(C)CC1.CC1=CCC(C(C)C)CC1. The molecule has 0 aromatic heterocycles. The molecule has 0 heteroatoms. The number of allylic oxidation sites excluding steroid dienone is 5. The van der Waals surface area contributed by atoms with Crippen LogP contribution in [0.2, 0.25) is 0 Å². The Hall–Kier alpha value is -0.780. The van der Waals surface area contributed by atoms with Gasteiger partial charge in [0, 0.05) is 0 Å². The van der Waals surface area contributed by atoms with Crippen molar-refractivity contribution in [3.05, 3.63) is 35.5 Å². The highest BCUT2D eigenvalue weighted by Gasteiger charge is 2.15. The Morgan fingerprint density at radius 2 is 1.60 bits per heavy atom. The van der Waals surface area contributed by atoms with Crippen LogP contribution in [0.3, 0.4) is 0 Å². The summed E-state index contributed by atoms with van der Waals surface area (Å²) in [6, 6.07) is 0. The molecule has 0 nitrogen and oxygen atoms in total. The second kappa shape index (κ2) is 8.49. The lowest BCUT2D eigenvalue weighted by atomic mass is 9.83. The van der Waals surface area contributed by atoms with E-state index in [0.717, 1.165) is 17.8 Å². The van der Waals surface area contributed by atoms with Crippen molar-refractivity contribution in [2.75, 3.05) is 0 Å². The van der Waals surface area contributed by atoms with Crippen molar-refractivity contribution in [2.45, 2.75) is 73.1 Å². The molecule has 0 spiro atoms. The van der Waals surface area contributed by atoms with E-state index in [1.807, 2.05) is 0 Å². The van der Waals surface area contributed by atoms with Gasteiger partial charge in [0.2, 0.25) is 0 Å². The maximum Gasteiger partial charge on any atom is -0.0171 e. The lowest BCUT2D eigenvalue weighted by molar-refractivity contribution is 0.350. The fraction of sp³-hybridized carbons (Fsp3) is 0.700. The topological polar surface area (TPSA) is 0 Å². The summed E-state index contributed by atoms with van der Waals surface area (Å²) in [6.07, 6.45) is 12.7. The van der Waals surface area contributed by atoms with Gasteiger partial charge in [-0.1, -0.05) is 49.3 Å². The van der Waals surface area contributed by atoms with E-state index < -0.39 is 0 Å². The van der Waals surface area contributed by atoms with Gasteiger partial charge in [-0.3, -0.25) is 0 Å². The predicted molar refractivity (Wildman–Crippen MR) is 91.8 cm³/mol. The van der Waals surface area contributed by atoms with Crippen LogP contribution in [0.4, 0.5) is 0 Å². The zero-order valence-corrected chi connectivity index (χ0v) is 14.3. The average molecular weight is 274 g/mol. The third-order valence-electron chi connectivity index (χ3n) is 4.96. The Morgan fingerprint density at radius 3 is 1.95 bits per heavy atom. The van der Waals surface area contributed by atoms with Crippen molar-refractivity contribution in [2.24, 2.45) is 17.8 Å². The van der Waals surface area contributed by atoms with E-state index in [2.05, 4.69) is 53.3 Å². The molecule has 0 aromatic rings. The molecule has 0 amide bonds. The second-order valence-corrected chi connectivity index (χ2v) is 7.20. The van der Waals surface area contributed by atoms with Crippen LogP contribution in [-0.4, -0.2) is 0 Å². The minimum Gasteiger partial charge on any atom is -0.0998 e. The van der Waals surface area contributed by atoms with E-state index in [-0.39, 0.29) is 0 Å². The molecule has 0 saturated heterocycles. The zero-order valence-electron chi connectivity index (χ0n) is 14.3. The van der Waals surface area contributed by atoms with Crippen molar-refractivity contribution in [3.63, 3.8) is 0 Å². The third kappa shape index (κ3) is 6.11. The highest BCUT2D eigenvalue weighted by atomic mass is 14.2. The van der Waals surface area contributed by atoms with Gasteiger partial charge in [0.15, 0.2) is 0 Å². The van der Waals surface area contributed by atoms with Crippen LogP contribution in [0.5, 0.6) is 0 Å². The minimum absolute atomic E-state index is 0.767. The summed E-state index contributed by atoms with van der Waals surface area (Å²) in [5, 5.41) is 0. The molecule has 2 aliphatic carbocycles. The van der Waals surface area contributed by atoms with Gasteiger partial charge >= 0.3 is 0 Å². The molecule has 0 aromatic carbocycles. The minimum atomic E-state index is 0.767. The maximum absolute atomic E-state index is 3.97. The Bertz CT molecular complexity index is 367. The van der Waals surface area contributed by atoms with Crippen molar-refractivity contribution in [3.8, 4) is 0 Å². The van der Waals surface area contributed by atoms with Gasteiger partial charge in [-0.2, -0.15) is 0 Å². The molecule has 2 atom stereocenters. The molecule has 1 unspecified atom stereocenters. The summed E-state index contributed by atoms with van der Waals surface area (Å²) in [6.45, 7) is 15.2. The summed E-state index contributed by atoms with van der Waals surface area (Å²) < 4.78 is 0. The van der Waals surface area contributed by atoms with Gasteiger partial charge in [-0.15, -0.1) is 0 Å². The smallest absolute Gasteiger partial charge is 0.0171 e. The molecule has 114 valence electrons.